The Morgan fingerprint density at radius 1 is 1.24 bits per heavy atom. The first kappa shape index (κ1) is 12.0. The first-order valence-electron chi connectivity index (χ1n) is 6.02. The molecule has 0 saturated heterocycles. The number of fused-ring (bicyclic) bond motifs is 1. The highest BCUT2D eigenvalue weighted by Gasteiger charge is 2.19. The minimum atomic E-state index is 0.579. The number of ether oxygens (including phenoxy) is 3. The normalized spacial score (nSPS) is 13.5. The van der Waals surface area contributed by atoms with E-state index >= 15 is 0 Å². The molecule has 0 aliphatic carbocycles. The van der Waals surface area contributed by atoms with Gasteiger partial charge in [-0.3, -0.25) is 0 Å². The molecule has 2 rings (SSSR count). The first-order valence-corrected chi connectivity index (χ1v) is 6.02. The number of nitrogens with two attached hydrogens (primary N) is 1. The van der Waals surface area contributed by atoms with Gasteiger partial charge < -0.3 is 19.9 Å². The molecule has 4 heteroatoms. The van der Waals surface area contributed by atoms with Gasteiger partial charge in [-0.2, -0.15) is 0 Å². The summed E-state index contributed by atoms with van der Waals surface area (Å²) in [6.45, 7) is 1.91. The van der Waals surface area contributed by atoms with Crippen LogP contribution in [0.5, 0.6) is 17.2 Å². The van der Waals surface area contributed by atoms with Gasteiger partial charge in [0.25, 0.3) is 0 Å². The molecule has 1 heterocycles. The molecule has 94 valence electrons. The molecule has 0 bridgehead atoms. The van der Waals surface area contributed by atoms with E-state index in [1.54, 1.807) is 7.11 Å². The maximum Gasteiger partial charge on any atom is 0.203 e. The van der Waals surface area contributed by atoms with Crippen LogP contribution in [0.4, 0.5) is 0 Å². The minimum absolute atomic E-state index is 0.579. The lowest BCUT2D eigenvalue weighted by Gasteiger charge is -2.22. The second-order valence-electron chi connectivity index (χ2n) is 4.03. The lowest BCUT2D eigenvalue weighted by Crippen LogP contribution is -2.16. The average molecular weight is 237 g/mol. The number of unbranched alkanes of at least 4 members (excludes halogenated alkanes) is 1. The maximum atomic E-state index is 5.62. The van der Waals surface area contributed by atoms with Gasteiger partial charge in [-0.15, -0.1) is 0 Å². The number of hydrogen-bond donors (Lipinski definition) is 1. The van der Waals surface area contributed by atoms with Gasteiger partial charge in [0, 0.05) is 0 Å². The second-order valence-corrected chi connectivity index (χ2v) is 4.03. The number of benzene rings is 1. The van der Waals surface area contributed by atoms with Crippen LogP contribution in [-0.2, 0) is 6.42 Å². The highest BCUT2D eigenvalue weighted by atomic mass is 16.6. The van der Waals surface area contributed by atoms with E-state index in [1.807, 2.05) is 12.1 Å². The summed E-state index contributed by atoms with van der Waals surface area (Å²) in [5, 5.41) is 0. The fourth-order valence-corrected chi connectivity index (χ4v) is 2.01. The molecule has 0 spiro atoms. The average Bonchev–Trinajstić information content (AvgIpc) is 2.38. The third-order valence-corrected chi connectivity index (χ3v) is 2.85. The van der Waals surface area contributed by atoms with Crippen LogP contribution >= 0.6 is 0 Å². The van der Waals surface area contributed by atoms with Crippen molar-refractivity contribution in [2.45, 2.75) is 19.3 Å². The lowest BCUT2D eigenvalue weighted by atomic mass is 10.1. The maximum absolute atomic E-state index is 5.62. The van der Waals surface area contributed by atoms with Crippen molar-refractivity contribution in [3.63, 3.8) is 0 Å². The Hall–Kier alpha value is -1.42. The van der Waals surface area contributed by atoms with Crippen molar-refractivity contribution in [2.75, 3.05) is 26.9 Å². The highest BCUT2D eigenvalue weighted by molar-refractivity contribution is 5.56. The molecule has 1 aromatic rings. The Morgan fingerprint density at radius 2 is 2.06 bits per heavy atom. The topological polar surface area (TPSA) is 53.7 Å². The molecule has 0 saturated carbocycles. The van der Waals surface area contributed by atoms with E-state index < -0.39 is 0 Å². The zero-order chi connectivity index (χ0) is 12.1. The molecule has 0 aromatic heterocycles. The molecular formula is C13H19NO3. The van der Waals surface area contributed by atoms with Crippen molar-refractivity contribution in [2.24, 2.45) is 5.73 Å². The summed E-state index contributed by atoms with van der Waals surface area (Å²) in [6, 6.07) is 4.00. The van der Waals surface area contributed by atoms with E-state index in [0.717, 1.165) is 48.6 Å². The number of methoxy groups -OCH3 is 1. The molecule has 0 amide bonds. The fourth-order valence-electron chi connectivity index (χ4n) is 2.01. The predicted octanol–water partition coefficient (Wildman–Crippen LogP) is 1.75. The van der Waals surface area contributed by atoms with E-state index in [0.29, 0.717) is 13.2 Å². The Balaban J connectivity index is 2.20. The summed E-state index contributed by atoms with van der Waals surface area (Å²) in [4.78, 5) is 0. The summed E-state index contributed by atoms with van der Waals surface area (Å²) in [6.07, 6.45) is 3.04. The number of hydrogen-bond acceptors (Lipinski definition) is 4. The molecule has 0 radical (unpaired) electrons. The zero-order valence-corrected chi connectivity index (χ0v) is 10.2. The van der Waals surface area contributed by atoms with Gasteiger partial charge in [0.1, 0.15) is 13.2 Å². The number of rotatable bonds is 5. The summed E-state index contributed by atoms with van der Waals surface area (Å²) < 4.78 is 16.6. The molecular weight excluding hydrogens is 218 g/mol. The van der Waals surface area contributed by atoms with Crippen molar-refractivity contribution in [1.29, 1.82) is 0 Å². The summed E-state index contributed by atoms with van der Waals surface area (Å²) in [7, 11) is 1.67. The van der Waals surface area contributed by atoms with Gasteiger partial charge in [0.05, 0.1) is 7.11 Å². The third kappa shape index (κ3) is 2.64. The van der Waals surface area contributed by atoms with Crippen molar-refractivity contribution >= 4 is 0 Å². The van der Waals surface area contributed by atoms with E-state index in [2.05, 4.69) is 0 Å². The van der Waals surface area contributed by atoms with Gasteiger partial charge in [-0.25, -0.2) is 0 Å². The van der Waals surface area contributed by atoms with Gasteiger partial charge in [-0.1, -0.05) is 6.07 Å². The SMILES string of the molecule is COc1c(CCCCN)ccc2c1OCCO2. The van der Waals surface area contributed by atoms with Crippen molar-refractivity contribution < 1.29 is 14.2 Å². The van der Waals surface area contributed by atoms with Crippen LogP contribution in [0.3, 0.4) is 0 Å². The van der Waals surface area contributed by atoms with E-state index in [9.17, 15) is 0 Å². The highest BCUT2D eigenvalue weighted by Crippen LogP contribution is 2.42. The first-order chi connectivity index (χ1) is 8.36. The largest absolute Gasteiger partial charge is 0.492 e. The van der Waals surface area contributed by atoms with Crippen LogP contribution in [-0.4, -0.2) is 26.9 Å². The van der Waals surface area contributed by atoms with Crippen molar-refractivity contribution in [3.8, 4) is 17.2 Å². The molecule has 1 aliphatic heterocycles. The Kier molecular flexibility index (Phi) is 4.09. The van der Waals surface area contributed by atoms with Gasteiger partial charge in [-0.05, 0) is 37.4 Å². The van der Waals surface area contributed by atoms with Gasteiger partial charge in [0.15, 0.2) is 11.5 Å². The molecule has 17 heavy (non-hydrogen) atoms. The third-order valence-electron chi connectivity index (χ3n) is 2.85. The fraction of sp³-hybridized carbons (Fsp3) is 0.538. The predicted molar refractivity (Wildman–Crippen MR) is 66.0 cm³/mol. The molecule has 1 aromatic carbocycles. The smallest absolute Gasteiger partial charge is 0.203 e. The minimum Gasteiger partial charge on any atom is -0.492 e. The van der Waals surface area contributed by atoms with E-state index in [4.69, 9.17) is 19.9 Å². The summed E-state index contributed by atoms with van der Waals surface area (Å²) >= 11 is 0. The van der Waals surface area contributed by atoms with Gasteiger partial charge in [0.2, 0.25) is 5.75 Å². The van der Waals surface area contributed by atoms with Gasteiger partial charge >= 0.3 is 0 Å². The second kappa shape index (κ2) is 5.77. The zero-order valence-electron chi connectivity index (χ0n) is 10.2. The van der Waals surface area contributed by atoms with E-state index in [-0.39, 0.29) is 0 Å². The Labute approximate surface area is 102 Å². The van der Waals surface area contributed by atoms with Crippen LogP contribution in [0.25, 0.3) is 0 Å². The molecule has 0 fully saturated rings. The molecule has 1 aliphatic rings. The molecule has 0 unspecified atom stereocenters. The van der Waals surface area contributed by atoms with Crippen LogP contribution in [0.2, 0.25) is 0 Å². The summed E-state index contributed by atoms with van der Waals surface area (Å²) in [5.74, 6) is 2.32. The van der Waals surface area contributed by atoms with Crippen molar-refractivity contribution in [3.05, 3.63) is 17.7 Å². The van der Waals surface area contributed by atoms with Crippen LogP contribution in [0, 0.1) is 0 Å². The molecule has 2 N–H and O–H groups in total. The molecule has 4 nitrogen and oxygen atoms in total. The molecule has 0 atom stereocenters. The quantitative estimate of drug-likeness (QED) is 0.793. The summed E-state index contributed by atoms with van der Waals surface area (Å²) in [5.41, 5.74) is 6.66. The van der Waals surface area contributed by atoms with Crippen LogP contribution in [0.1, 0.15) is 18.4 Å². The lowest BCUT2D eigenvalue weighted by molar-refractivity contribution is 0.164. The van der Waals surface area contributed by atoms with Crippen LogP contribution in [0.15, 0.2) is 12.1 Å². The monoisotopic (exact) mass is 237 g/mol. The standard InChI is InChI=1S/C13H19NO3/c1-15-12-10(4-2-3-7-14)5-6-11-13(12)17-9-8-16-11/h5-6H,2-4,7-9,14H2,1H3. The van der Waals surface area contributed by atoms with E-state index in [1.165, 1.54) is 0 Å². The Morgan fingerprint density at radius 3 is 2.82 bits per heavy atom. The van der Waals surface area contributed by atoms with Crippen molar-refractivity contribution in [1.82, 2.24) is 0 Å². The number of aryl methyl sites for hydroxylation is 1. The van der Waals surface area contributed by atoms with Crippen LogP contribution < -0.4 is 19.9 Å². The Bertz CT molecular complexity index is 379.